The van der Waals surface area contributed by atoms with E-state index in [1.807, 2.05) is 12.1 Å². The lowest BCUT2D eigenvalue weighted by atomic mass is 10.1. The first-order chi connectivity index (χ1) is 17.2. The number of epoxide rings is 1. The number of rotatable bonds is 7. The number of hydrogen-bond acceptors (Lipinski definition) is 7. The Morgan fingerprint density at radius 3 is 2.50 bits per heavy atom. The van der Waals surface area contributed by atoms with Crippen LogP contribution < -0.4 is 10.6 Å². The van der Waals surface area contributed by atoms with Crippen LogP contribution >= 0.6 is 0 Å². The highest BCUT2D eigenvalue weighted by molar-refractivity contribution is 7.91. The summed E-state index contributed by atoms with van der Waals surface area (Å²) < 4.78 is 54.5. The molecule has 0 aliphatic carbocycles. The van der Waals surface area contributed by atoms with Crippen molar-refractivity contribution in [2.75, 3.05) is 41.5 Å². The quantitative estimate of drug-likeness (QED) is 0.359. The fraction of sp³-hybridized carbons (Fsp3) is 0.385. The van der Waals surface area contributed by atoms with Crippen molar-refractivity contribution in [1.29, 1.82) is 0 Å². The Bertz CT molecular complexity index is 1530. The van der Waals surface area contributed by atoms with Crippen molar-refractivity contribution in [2.45, 2.75) is 36.4 Å². The highest BCUT2D eigenvalue weighted by Gasteiger charge is 2.26. The van der Waals surface area contributed by atoms with Gasteiger partial charge in [0.15, 0.2) is 9.84 Å². The van der Waals surface area contributed by atoms with Gasteiger partial charge in [0, 0.05) is 29.1 Å². The monoisotopic (exact) mass is 527 g/mol. The molecule has 2 fully saturated rings. The second-order valence-electron chi connectivity index (χ2n) is 9.36. The predicted octanol–water partition coefficient (Wildman–Crippen LogP) is 2.90. The average molecular weight is 528 g/mol. The van der Waals surface area contributed by atoms with Crippen LogP contribution in [0.4, 0.5) is 11.4 Å². The molecule has 10 heteroatoms. The molecule has 0 radical (unpaired) electrons. The Morgan fingerprint density at radius 1 is 1.11 bits per heavy atom. The normalized spacial score (nSPS) is 19.4. The number of sulfone groups is 2. The third kappa shape index (κ3) is 5.86. The van der Waals surface area contributed by atoms with Crippen molar-refractivity contribution < 1.29 is 21.6 Å². The van der Waals surface area contributed by atoms with Crippen molar-refractivity contribution in [1.82, 2.24) is 4.57 Å². The molecular weight excluding hydrogens is 498 g/mol. The Labute approximate surface area is 211 Å². The smallest absolute Gasteiger partial charge is 0.175 e. The van der Waals surface area contributed by atoms with Gasteiger partial charge >= 0.3 is 0 Å². The highest BCUT2D eigenvalue weighted by atomic mass is 32.2. The average Bonchev–Trinajstić information content (AvgIpc) is 3.59. The molecule has 2 aliphatic rings. The van der Waals surface area contributed by atoms with Crippen LogP contribution in [-0.2, 0) is 31.0 Å². The van der Waals surface area contributed by atoms with Crippen LogP contribution in [0.5, 0.6) is 0 Å². The summed E-state index contributed by atoms with van der Waals surface area (Å²) in [7, 11) is -6.13. The summed E-state index contributed by atoms with van der Waals surface area (Å²) in [6.07, 6.45) is 2.60. The standard InChI is InChI=1S/C26H29N3O5S2/c1-35(30,31)23-9-7-19(8-10-23)27-13-3-4-21-16-24-25(28-20-11-14-36(32,33)15-12-20)5-2-6-26(24)29(21)17-22-18-34-22/h2,5-10,16,20,22,27-28H,11-15,17-18H2,1H3. The number of ether oxygens (including phenoxy) is 1. The molecule has 5 rings (SSSR count). The van der Waals surface area contributed by atoms with Crippen LogP contribution in [0.3, 0.4) is 0 Å². The minimum atomic E-state index is -3.22. The van der Waals surface area contributed by atoms with Gasteiger partial charge in [-0.15, -0.1) is 0 Å². The summed E-state index contributed by atoms with van der Waals surface area (Å²) in [6, 6.07) is 14.9. The number of aromatic nitrogens is 1. The molecule has 2 aromatic carbocycles. The van der Waals surface area contributed by atoms with Gasteiger partial charge in [0.2, 0.25) is 0 Å². The zero-order chi connectivity index (χ0) is 25.3. The molecule has 1 aromatic heterocycles. The van der Waals surface area contributed by atoms with Gasteiger partial charge in [0.25, 0.3) is 0 Å². The second-order valence-corrected chi connectivity index (χ2v) is 13.7. The van der Waals surface area contributed by atoms with E-state index in [-0.39, 0.29) is 28.5 Å². The largest absolute Gasteiger partial charge is 0.382 e. The zero-order valence-corrected chi connectivity index (χ0v) is 21.7. The minimum Gasteiger partial charge on any atom is -0.382 e. The zero-order valence-electron chi connectivity index (χ0n) is 20.0. The van der Waals surface area contributed by atoms with Gasteiger partial charge < -0.3 is 19.9 Å². The lowest BCUT2D eigenvalue weighted by Crippen LogP contribution is -2.32. The van der Waals surface area contributed by atoms with Crippen LogP contribution in [0, 0.1) is 11.8 Å². The van der Waals surface area contributed by atoms with Crippen LogP contribution in [0.2, 0.25) is 0 Å². The number of anilines is 2. The SMILES string of the molecule is CS(=O)(=O)c1ccc(NCC#Cc2cc3c(NC4CCS(=O)(=O)CC4)cccc3n2CC2CO2)cc1. The van der Waals surface area contributed by atoms with E-state index in [9.17, 15) is 16.8 Å². The maximum Gasteiger partial charge on any atom is 0.175 e. The van der Waals surface area contributed by atoms with Gasteiger partial charge in [-0.1, -0.05) is 12.0 Å². The summed E-state index contributed by atoms with van der Waals surface area (Å²) >= 11 is 0. The van der Waals surface area contributed by atoms with Gasteiger partial charge in [-0.2, -0.15) is 0 Å². The van der Waals surface area contributed by atoms with E-state index in [0.717, 1.165) is 41.1 Å². The summed E-state index contributed by atoms with van der Waals surface area (Å²) in [5, 5.41) is 7.83. The fourth-order valence-electron chi connectivity index (χ4n) is 4.44. The third-order valence-corrected chi connectivity index (χ3v) is 9.37. The number of nitrogens with one attached hydrogen (secondary N) is 2. The van der Waals surface area contributed by atoms with E-state index >= 15 is 0 Å². The van der Waals surface area contributed by atoms with Gasteiger partial charge in [-0.25, -0.2) is 16.8 Å². The fourth-order valence-corrected chi connectivity index (χ4v) is 6.56. The van der Waals surface area contributed by atoms with Crippen LogP contribution in [0.1, 0.15) is 18.5 Å². The van der Waals surface area contributed by atoms with Crippen molar-refractivity contribution in [3.63, 3.8) is 0 Å². The molecule has 0 saturated carbocycles. The van der Waals surface area contributed by atoms with E-state index in [1.165, 1.54) is 6.26 Å². The summed E-state index contributed by atoms with van der Waals surface area (Å²) in [5.74, 6) is 6.89. The second kappa shape index (κ2) is 9.81. The molecule has 2 saturated heterocycles. The molecule has 0 bridgehead atoms. The molecule has 0 amide bonds. The van der Waals surface area contributed by atoms with E-state index in [0.29, 0.717) is 19.4 Å². The number of nitrogens with zero attached hydrogens (tertiary/aromatic N) is 1. The first-order valence-electron chi connectivity index (χ1n) is 11.9. The van der Waals surface area contributed by atoms with Crippen molar-refractivity contribution >= 4 is 42.0 Å². The molecule has 36 heavy (non-hydrogen) atoms. The van der Waals surface area contributed by atoms with Gasteiger partial charge in [-0.3, -0.25) is 0 Å². The first kappa shape index (κ1) is 24.7. The van der Waals surface area contributed by atoms with Crippen molar-refractivity contribution in [2.24, 2.45) is 0 Å². The Balaban J connectivity index is 1.34. The highest BCUT2D eigenvalue weighted by Crippen LogP contribution is 2.30. The first-order valence-corrected chi connectivity index (χ1v) is 15.6. The Hall–Kier alpha value is -3.00. The van der Waals surface area contributed by atoms with Crippen molar-refractivity contribution in [3.05, 3.63) is 54.2 Å². The van der Waals surface area contributed by atoms with Crippen molar-refractivity contribution in [3.8, 4) is 11.8 Å². The molecule has 190 valence electrons. The molecule has 0 spiro atoms. The van der Waals surface area contributed by atoms with E-state index in [1.54, 1.807) is 24.3 Å². The summed E-state index contributed by atoms with van der Waals surface area (Å²) in [4.78, 5) is 0.283. The molecule has 1 atom stereocenters. The van der Waals surface area contributed by atoms with Crippen LogP contribution in [-0.4, -0.2) is 64.5 Å². The van der Waals surface area contributed by atoms with E-state index in [4.69, 9.17) is 4.74 Å². The molecule has 3 heterocycles. The summed E-state index contributed by atoms with van der Waals surface area (Å²) in [6.45, 7) is 1.87. The number of benzene rings is 2. The van der Waals surface area contributed by atoms with E-state index < -0.39 is 19.7 Å². The predicted molar refractivity (Wildman–Crippen MR) is 142 cm³/mol. The van der Waals surface area contributed by atoms with Gasteiger partial charge in [-0.05, 0) is 61.2 Å². The summed E-state index contributed by atoms with van der Waals surface area (Å²) in [5.41, 5.74) is 3.73. The van der Waals surface area contributed by atoms with Crippen LogP contribution in [0.15, 0.2) is 53.4 Å². The molecule has 1 unspecified atom stereocenters. The third-order valence-electron chi connectivity index (χ3n) is 6.53. The molecular formula is C26H29N3O5S2. The lowest BCUT2D eigenvalue weighted by molar-refractivity contribution is 0.385. The maximum atomic E-state index is 11.8. The maximum absolute atomic E-state index is 11.8. The number of hydrogen-bond donors (Lipinski definition) is 2. The Morgan fingerprint density at radius 2 is 1.83 bits per heavy atom. The van der Waals surface area contributed by atoms with Crippen LogP contribution in [0.25, 0.3) is 10.9 Å². The Kier molecular flexibility index (Phi) is 6.72. The molecule has 2 N–H and O–H groups in total. The number of fused-ring (bicyclic) bond motifs is 1. The van der Waals surface area contributed by atoms with Gasteiger partial charge in [0.1, 0.15) is 9.84 Å². The molecule has 2 aliphatic heterocycles. The van der Waals surface area contributed by atoms with E-state index in [2.05, 4.69) is 39.2 Å². The lowest BCUT2D eigenvalue weighted by Gasteiger charge is -2.24. The van der Waals surface area contributed by atoms with Gasteiger partial charge in [0.05, 0.1) is 53.4 Å². The molecule has 3 aromatic rings. The molecule has 8 nitrogen and oxygen atoms in total. The topological polar surface area (TPSA) is 110 Å². The minimum absolute atomic E-state index is 0.127.